The number of anilines is 2. The predicted molar refractivity (Wildman–Crippen MR) is 147 cm³/mol. The molecule has 2 aliphatic rings. The zero-order chi connectivity index (χ0) is 27.6. The van der Waals surface area contributed by atoms with Gasteiger partial charge < -0.3 is 24.5 Å². The Labute approximate surface area is 231 Å². The molecule has 1 saturated heterocycles. The Morgan fingerprint density at radius 3 is 2.54 bits per heavy atom. The number of carbonyl (C=O) groups excluding carboxylic acids is 1. The van der Waals surface area contributed by atoms with Gasteiger partial charge in [0.1, 0.15) is 6.26 Å². The maximum Gasteiger partial charge on any atom is 0.407 e. The van der Waals surface area contributed by atoms with Crippen molar-refractivity contribution >= 4 is 39.2 Å². The number of thiazole rings is 1. The third kappa shape index (κ3) is 6.96. The Kier molecular flexibility index (Phi) is 7.94. The molecule has 1 aliphatic heterocycles. The third-order valence-electron chi connectivity index (χ3n) is 6.46. The van der Waals surface area contributed by atoms with Crippen molar-refractivity contribution in [2.75, 3.05) is 18.5 Å². The highest BCUT2D eigenvalue weighted by atomic mass is 32.2. The van der Waals surface area contributed by atoms with Gasteiger partial charge in [-0.15, -0.1) is 11.3 Å². The number of rotatable bonds is 8. The van der Waals surface area contributed by atoms with Gasteiger partial charge >= 0.3 is 6.09 Å². The first-order valence-corrected chi connectivity index (χ1v) is 15.2. The number of nitrogens with one attached hydrogen (secondary N) is 3. The fourth-order valence-corrected chi connectivity index (χ4v) is 7.47. The van der Waals surface area contributed by atoms with E-state index in [1.165, 1.54) is 23.8 Å². The van der Waals surface area contributed by atoms with Crippen LogP contribution in [-0.2, 0) is 19.5 Å². The van der Waals surface area contributed by atoms with E-state index in [4.69, 9.17) is 13.9 Å². The number of nitrogens with zero attached hydrogens (tertiary/aromatic N) is 2. The monoisotopic (exact) mass is 575 g/mol. The molecule has 3 heterocycles. The Balaban J connectivity index is 1.31. The second kappa shape index (κ2) is 11.2. The van der Waals surface area contributed by atoms with Crippen molar-refractivity contribution in [2.24, 2.45) is 0 Å². The lowest BCUT2D eigenvalue weighted by Gasteiger charge is -2.30. The van der Waals surface area contributed by atoms with Gasteiger partial charge in [-0.1, -0.05) is 6.07 Å². The number of alkyl carbamates (subject to hydrolysis) is 1. The Hall–Kier alpha value is -3.00. The normalized spacial score (nSPS) is 20.3. The molecule has 210 valence electrons. The van der Waals surface area contributed by atoms with E-state index in [9.17, 15) is 13.2 Å². The highest BCUT2D eigenvalue weighted by Crippen LogP contribution is 2.40. The highest BCUT2D eigenvalue weighted by molar-refractivity contribution is 7.89. The van der Waals surface area contributed by atoms with Gasteiger partial charge in [0, 0.05) is 34.9 Å². The van der Waals surface area contributed by atoms with Crippen LogP contribution in [0.2, 0.25) is 0 Å². The number of sulfonamides is 1. The van der Waals surface area contributed by atoms with Crippen LogP contribution < -0.4 is 15.4 Å². The van der Waals surface area contributed by atoms with Gasteiger partial charge in [0.25, 0.3) is 6.01 Å². The van der Waals surface area contributed by atoms with Crippen LogP contribution in [0.5, 0.6) is 0 Å². The Bertz CT molecular complexity index is 1390. The number of aromatic nitrogens is 2. The van der Waals surface area contributed by atoms with Crippen LogP contribution in [-0.4, -0.2) is 55.4 Å². The summed E-state index contributed by atoms with van der Waals surface area (Å²) in [6, 6.07) is 5.49. The molecule has 2 aromatic heterocycles. The topological polar surface area (TPSA) is 145 Å². The number of carbonyl (C=O) groups is 1. The first-order valence-electron chi connectivity index (χ1n) is 12.9. The van der Waals surface area contributed by atoms with Crippen LogP contribution in [0, 0.1) is 0 Å². The Morgan fingerprint density at radius 2 is 1.90 bits per heavy atom. The van der Waals surface area contributed by atoms with Crippen LogP contribution in [0.3, 0.4) is 0 Å². The maximum absolute atomic E-state index is 13.5. The molecular weight excluding hydrogens is 542 g/mol. The van der Waals surface area contributed by atoms with Crippen LogP contribution in [0.15, 0.2) is 46.2 Å². The van der Waals surface area contributed by atoms with Crippen LogP contribution in [0.4, 0.5) is 16.5 Å². The molecule has 0 unspecified atom stereocenters. The minimum absolute atomic E-state index is 0.0677. The van der Waals surface area contributed by atoms with Gasteiger partial charge in [-0.3, -0.25) is 0 Å². The number of benzene rings is 1. The summed E-state index contributed by atoms with van der Waals surface area (Å²) in [5, 5.41) is 6.93. The minimum atomic E-state index is -3.86. The first kappa shape index (κ1) is 27.6. The molecule has 1 aromatic carbocycles. The Morgan fingerprint density at radius 1 is 1.13 bits per heavy atom. The number of oxazole rings is 1. The summed E-state index contributed by atoms with van der Waals surface area (Å²) in [5.74, 6) is 0.247. The smallest absolute Gasteiger partial charge is 0.407 e. The average molecular weight is 576 g/mol. The molecule has 1 amide bonds. The lowest BCUT2D eigenvalue weighted by atomic mass is 9.86. The molecule has 0 radical (unpaired) electrons. The first-order chi connectivity index (χ1) is 18.6. The second-order valence-corrected chi connectivity index (χ2v) is 13.6. The molecule has 11 nitrogen and oxygen atoms in total. The van der Waals surface area contributed by atoms with Gasteiger partial charge in [-0.05, 0) is 58.6 Å². The summed E-state index contributed by atoms with van der Waals surface area (Å²) in [6.45, 7) is 6.33. The van der Waals surface area contributed by atoms with E-state index < -0.39 is 15.6 Å². The van der Waals surface area contributed by atoms with Crippen molar-refractivity contribution in [3.05, 3.63) is 41.9 Å². The van der Waals surface area contributed by atoms with E-state index in [0.29, 0.717) is 24.5 Å². The molecule has 5 rings (SSSR count). The molecule has 3 N–H and O–H groups in total. The van der Waals surface area contributed by atoms with Crippen molar-refractivity contribution in [3.63, 3.8) is 0 Å². The van der Waals surface area contributed by atoms with Gasteiger partial charge in [-0.25, -0.2) is 27.9 Å². The van der Waals surface area contributed by atoms with Crippen molar-refractivity contribution in [3.8, 4) is 10.4 Å². The van der Waals surface area contributed by atoms with Crippen molar-refractivity contribution in [2.45, 2.75) is 75.0 Å². The average Bonchev–Trinajstić information content (AvgIpc) is 3.53. The summed E-state index contributed by atoms with van der Waals surface area (Å²) in [7, 11) is -3.86. The van der Waals surface area contributed by atoms with E-state index in [1.54, 1.807) is 45.2 Å². The van der Waals surface area contributed by atoms with Crippen molar-refractivity contribution in [1.82, 2.24) is 20.0 Å². The molecule has 3 aromatic rings. The summed E-state index contributed by atoms with van der Waals surface area (Å²) in [4.78, 5) is 21.7. The standard InChI is InChI=1S/C26H33N5O6S2/c1-26(2,3)31-39(33,34)22-12-18(29-24-27-10-11-36-24)8-9-20(22)21-13-28-23(38-21)16-4-6-17(7-5-16)30-25(32)37-19-14-35-15-19/h8-13,16-17,19,31H,4-7,14-15H2,1-3H3,(H,27,29)(H,30,32)/t16-,17-. The summed E-state index contributed by atoms with van der Waals surface area (Å²) >= 11 is 1.51. The van der Waals surface area contributed by atoms with E-state index in [1.807, 2.05) is 0 Å². The number of ether oxygens (including phenoxy) is 2. The molecule has 1 saturated carbocycles. The zero-order valence-corrected chi connectivity index (χ0v) is 23.7. The van der Waals surface area contributed by atoms with Gasteiger partial charge in [0.05, 0.1) is 34.2 Å². The van der Waals surface area contributed by atoms with Gasteiger partial charge in [0.2, 0.25) is 10.0 Å². The van der Waals surface area contributed by atoms with Gasteiger partial charge in [-0.2, -0.15) is 0 Å². The molecule has 39 heavy (non-hydrogen) atoms. The van der Waals surface area contributed by atoms with Crippen molar-refractivity contribution < 1.29 is 27.1 Å². The van der Waals surface area contributed by atoms with E-state index in [0.717, 1.165) is 35.6 Å². The number of amides is 1. The molecule has 1 aliphatic carbocycles. The molecular formula is C26H33N5O6S2. The highest BCUT2D eigenvalue weighted by Gasteiger charge is 2.30. The molecule has 0 bridgehead atoms. The lowest BCUT2D eigenvalue weighted by molar-refractivity contribution is -0.0985. The third-order valence-corrected chi connectivity index (χ3v) is 9.45. The lowest BCUT2D eigenvalue weighted by Crippen LogP contribution is -2.44. The zero-order valence-electron chi connectivity index (χ0n) is 22.1. The largest absolute Gasteiger partial charge is 0.441 e. The second-order valence-electron chi connectivity index (χ2n) is 10.8. The van der Waals surface area contributed by atoms with Crippen molar-refractivity contribution in [1.29, 1.82) is 0 Å². The fourth-order valence-electron chi connectivity index (χ4n) is 4.61. The molecule has 13 heteroatoms. The maximum atomic E-state index is 13.5. The van der Waals surface area contributed by atoms with Crippen LogP contribution in [0.25, 0.3) is 10.4 Å². The molecule has 2 fully saturated rings. The SMILES string of the molecule is CC(C)(C)NS(=O)(=O)c1cc(Nc2ncco2)ccc1-c1cnc([C@H]2CC[C@H](NC(=O)OC3COC3)CC2)s1. The fraction of sp³-hybridized carbons (Fsp3) is 0.500. The van der Waals surface area contributed by atoms with Crippen LogP contribution in [0.1, 0.15) is 57.4 Å². The summed E-state index contributed by atoms with van der Waals surface area (Å²) in [6.07, 6.45) is 7.56. The molecule has 0 atom stereocenters. The quantitative estimate of drug-likeness (QED) is 0.346. The number of hydrogen-bond donors (Lipinski definition) is 3. The minimum Gasteiger partial charge on any atom is -0.441 e. The number of hydrogen-bond acceptors (Lipinski definition) is 10. The summed E-state index contributed by atoms with van der Waals surface area (Å²) < 4.78 is 45.3. The van der Waals surface area contributed by atoms with Crippen LogP contribution >= 0.6 is 11.3 Å². The van der Waals surface area contributed by atoms with E-state index in [-0.39, 0.29) is 35.1 Å². The summed E-state index contributed by atoms with van der Waals surface area (Å²) in [5.41, 5.74) is 0.451. The van der Waals surface area contributed by atoms with Gasteiger partial charge in [0.15, 0.2) is 6.10 Å². The van der Waals surface area contributed by atoms with E-state index >= 15 is 0 Å². The predicted octanol–water partition coefficient (Wildman–Crippen LogP) is 4.77. The molecule has 0 spiro atoms. The van der Waals surface area contributed by atoms with E-state index in [2.05, 4.69) is 25.3 Å².